The van der Waals surface area contributed by atoms with Crippen molar-refractivity contribution in [2.24, 2.45) is 0 Å². The Morgan fingerprint density at radius 1 is 1.27 bits per heavy atom. The van der Waals surface area contributed by atoms with Crippen molar-refractivity contribution in [1.29, 1.82) is 0 Å². The first-order chi connectivity index (χ1) is 10.3. The smallest absolute Gasteiger partial charge is 0.357 e. The maximum atomic E-state index is 11.5. The van der Waals surface area contributed by atoms with Crippen LogP contribution in [-0.2, 0) is 0 Å². The summed E-state index contributed by atoms with van der Waals surface area (Å²) in [4.78, 5) is 36.7. The van der Waals surface area contributed by atoms with Gasteiger partial charge in [-0.3, -0.25) is 19.9 Å². The predicted molar refractivity (Wildman–Crippen MR) is 83.8 cm³/mol. The molecule has 22 heavy (non-hydrogen) atoms. The number of H-pyrrole nitrogens is 2. The van der Waals surface area contributed by atoms with Crippen molar-refractivity contribution in [2.75, 3.05) is 0 Å². The highest BCUT2D eigenvalue weighted by Gasteiger charge is 2.18. The highest BCUT2D eigenvalue weighted by atomic mass is 79.9. The van der Waals surface area contributed by atoms with Gasteiger partial charge in [0, 0.05) is 10.0 Å². The second-order valence-electron chi connectivity index (χ2n) is 4.42. The van der Waals surface area contributed by atoms with Crippen molar-refractivity contribution in [2.45, 2.75) is 6.92 Å². The van der Waals surface area contributed by atoms with Crippen LogP contribution < -0.4 is 11.2 Å². The van der Waals surface area contributed by atoms with Gasteiger partial charge in [-0.15, -0.1) is 0 Å². The average molecular weight is 368 g/mol. The Labute approximate surface area is 131 Å². The Bertz CT molecular complexity index is 898. The molecule has 0 saturated heterocycles. The molecule has 0 atom stereocenters. The monoisotopic (exact) mass is 367 g/mol. The van der Waals surface area contributed by atoms with E-state index in [-0.39, 0.29) is 11.4 Å². The molecule has 0 spiro atoms. The summed E-state index contributed by atoms with van der Waals surface area (Å²) in [5.41, 5.74) is -2.00. The lowest BCUT2D eigenvalue weighted by Crippen LogP contribution is -2.25. The van der Waals surface area contributed by atoms with E-state index in [4.69, 9.17) is 0 Å². The average Bonchev–Trinajstić information content (AvgIpc) is 2.39. The quantitative estimate of drug-likeness (QED) is 0.563. The lowest BCUT2D eigenvalue weighted by Gasteiger charge is -2.04. The number of aromatic amines is 2. The largest absolute Gasteiger partial charge is 0.507 e. The number of nitrogens with one attached hydrogen (secondary N) is 2. The third-order valence-corrected chi connectivity index (χ3v) is 3.31. The molecule has 0 amide bonds. The fourth-order valence-corrected chi connectivity index (χ4v) is 2.45. The van der Waals surface area contributed by atoms with Crippen molar-refractivity contribution in [1.82, 2.24) is 9.97 Å². The van der Waals surface area contributed by atoms with Crippen LogP contribution in [0.1, 0.15) is 16.8 Å². The molecule has 3 N–H and O–H groups in total. The Morgan fingerprint density at radius 3 is 2.59 bits per heavy atom. The molecule has 0 radical (unpaired) electrons. The number of hydrogen-bond acceptors (Lipinski definition) is 5. The summed E-state index contributed by atoms with van der Waals surface area (Å²) < 4.78 is 0.705. The minimum atomic E-state index is -1.09. The Kier molecular flexibility index (Phi) is 4.27. The Hall–Kier alpha value is -2.68. The van der Waals surface area contributed by atoms with Gasteiger partial charge in [0.25, 0.3) is 0 Å². The highest BCUT2D eigenvalue weighted by molar-refractivity contribution is 9.10. The number of nitro groups is 1. The van der Waals surface area contributed by atoms with Gasteiger partial charge in [-0.25, -0.2) is 4.79 Å². The van der Waals surface area contributed by atoms with Gasteiger partial charge in [0.2, 0.25) is 0 Å². The zero-order valence-corrected chi connectivity index (χ0v) is 12.8. The lowest BCUT2D eigenvalue weighted by molar-refractivity contribution is -0.386. The Morgan fingerprint density at radius 2 is 1.95 bits per heavy atom. The first-order valence-corrected chi connectivity index (χ1v) is 6.77. The van der Waals surface area contributed by atoms with E-state index in [9.17, 15) is 24.8 Å². The number of phenolic OH excluding ortho intramolecular Hbond substituents is 1. The van der Waals surface area contributed by atoms with E-state index >= 15 is 0 Å². The first kappa shape index (κ1) is 15.7. The van der Waals surface area contributed by atoms with E-state index in [0.29, 0.717) is 15.6 Å². The van der Waals surface area contributed by atoms with Crippen LogP contribution in [0.15, 0.2) is 26.2 Å². The van der Waals surface area contributed by atoms with Gasteiger partial charge in [0.1, 0.15) is 11.4 Å². The normalized spacial score (nSPS) is 11.0. The summed E-state index contributed by atoms with van der Waals surface area (Å²) in [6.45, 7) is 1.69. The number of aromatic nitrogens is 2. The van der Waals surface area contributed by atoms with Crippen LogP contribution in [0.4, 0.5) is 5.69 Å². The topological polar surface area (TPSA) is 129 Å². The van der Waals surface area contributed by atoms with E-state index < -0.39 is 21.9 Å². The summed E-state index contributed by atoms with van der Waals surface area (Å²) in [5, 5.41) is 20.9. The van der Waals surface area contributed by atoms with E-state index in [2.05, 4.69) is 20.9 Å². The van der Waals surface area contributed by atoms with Crippen LogP contribution in [0.5, 0.6) is 5.75 Å². The fourth-order valence-electron chi connectivity index (χ4n) is 1.86. The van der Waals surface area contributed by atoms with Gasteiger partial charge >= 0.3 is 16.9 Å². The zero-order valence-electron chi connectivity index (χ0n) is 11.2. The van der Waals surface area contributed by atoms with Gasteiger partial charge in [-0.1, -0.05) is 15.9 Å². The molecule has 0 aliphatic carbocycles. The molecule has 2 rings (SSSR count). The van der Waals surface area contributed by atoms with E-state index in [1.807, 2.05) is 0 Å². The molecule has 0 saturated carbocycles. The maximum absolute atomic E-state index is 11.5. The summed E-state index contributed by atoms with van der Waals surface area (Å²) in [7, 11) is 0. The van der Waals surface area contributed by atoms with Gasteiger partial charge in [-0.05, 0) is 36.8 Å². The van der Waals surface area contributed by atoms with Crippen LogP contribution in [0, 0.1) is 17.0 Å². The molecule has 0 bridgehead atoms. The van der Waals surface area contributed by atoms with Gasteiger partial charge in [0.05, 0.1) is 4.92 Å². The van der Waals surface area contributed by atoms with Crippen molar-refractivity contribution < 1.29 is 10.0 Å². The Balaban J connectivity index is 2.59. The number of halogens is 1. The molecule has 1 aromatic heterocycles. The van der Waals surface area contributed by atoms with E-state index in [1.165, 1.54) is 12.2 Å². The lowest BCUT2D eigenvalue weighted by atomic mass is 10.1. The third kappa shape index (κ3) is 3.14. The molecule has 0 fully saturated rings. The molecule has 0 aliphatic rings. The molecule has 1 heterocycles. The standard InChI is InChI=1S/C13H10BrN3O5/c1-6-4-8(14)5-7(11(6)18)2-3-9-10(17(21)22)12(19)16-13(20)15-9/h2-5,18H,1H3,(H2,15,16,19,20)/b3-2+. The van der Waals surface area contributed by atoms with Crippen molar-refractivity contribution in [3.8, 4) is 5.75 Å². The minimum Gasteiger partial charge on any atom is -0.507 e. The second kappa shape index (κ2) is 5.98. The molecule has 114 valence electrons. The van der Waals surface area contributed by atoms with E-state index in [0.717, 1.165) is 0 Å². The number of aromatic hydroxyl groups is 1. The van der Waals surface area contributed by atoms with Crippen LogP contribution >= 0.6 is 15.9 Å². The molecular formula is C13H10BrN3O5. The first-order valence-electron chi connectivity index (χ1n) is 5.97. The molecule has 2 aromatic rings. The van der Waals surface area contributed by atoms with Gasteiger partial charge in [-0.2, -0.15) is 0 Å². The predicted octanol–water partition coefficient (Wildman–Crippen LogP) is 1.92. The molecule has 8 nitrogen and oxygen atoms in total. The number of nitrogens with zero attached hydrogens (tertiary/aromatic N) is 1. The number of hydrogen-bond donors (Lipinski definition) is 3. The molecule has 0 unspecified atom stereocenters. The maximum Gasteiger partial charge on any atom is 0.357 e. The van der Waals surface area contributed by atoms with Crippen molar-refractivity contribution in [3.05, 3.63) is 64.4 Å². The molecular weight excluding hydrogens is 358 g/mol. The van der Waals surface area contributed by atoms with Crippen LogP contribution in [0.2, 0.25) is 0 Å². The molecule has 1 aromatic carbocycles. The van der Waals surface area contributed by atoms with Crippen LogP contribution in [0.25, 0.3) is 12.2 Å². The van der Waals surface area contributed by atoms with Gasteiger partial charge < -0.3 is 10.1 Å². The third-order valence-electron chi connectivity index (χ3n) is 2.85. The molecule has 0 aliphatic heterocycles. The van der Waals surface area contributed by atoms with Crippen LogP contribution in [0.3, 0.4) is 0 Å². The summed E-state index contributed by atoms with van der Waals surface area (Å²) in [6, 6.07) is 3.29. The van der Waals surface area contributed by atoms with Crippen molar-refractivity contribution in [3.63, 3.8) is 0 Å². The number of aryl methyl sites for hydroxylation is 1. The van der Waals surface area contributed by atoms with Gasteiger partial charge in [0.15, 0.2) is 0 Å². The second-order valence-corrected chi connectivity index (χ2v) is 5.34. The highest BCUT2D eigenvalue weighted by Crippen LogP contribution is 2.28. The zero-order chi connectivity index (χ0) is 16.4. The summed E-state index contributed by atoms with van der Waals surface area (Å²) in [5.74, 6) is -0.00529. The minimum absolute atomic E-state index is 0.00529. The summed E-state index contributed by atoms with van der Waals surface area (Å²) >= 11 is 3.27. The van der Waals surface area contributed by atoms with Crippen LogP contribution in [-0.4, -0.2) is 20.0 Å². The number of benzene rings is 1. The SMILES string of the molecule is Cc1cc(Br)cc(/C=C/c2[nH]c(=O)[nH]c(=O)c2[N+](=O)[O-])c1O. The van der Waals surface area contributed by atoms with Crippen molar-refractivity contribution >= 4 is 33.8 Å². The summed E-state index contributed by atoms with van der Waals surface area (Å²) in [6.07, 6.45) is 2.56. The molecule has 9 heteroatoms. The number of phenols is 1. The van der Waals surface area contributed by atoms with E-state index in [1.54, 1.807) is 24.0 Å². The number of rotatable bonds is 3. The fraction of sp³-hybridized carbons (Fsp3) is 0.0769.